The van der Waals surface area contributed by atoms with Crippen LogP contribution in [0.15, 0.2) is 18.3 Å². The SMILES string of the molecule is Oc1cccnc1[AsH2]. The molecule has 0 bridgehead atoms. The van der Waals surface area contributed by atoms with E-state index in [9.17, 15) is 0 Å². The zero-order valence-corrected chi connectivity index (χ0v) is 6.63. The van der Waals surface area contributed by atoms with E-state index in [0.29, 0.717) is 0 Å². The zero-order chi connectivity index (χ0) is 5.98. The molecule has 42 valence electrons. The fourth-order valence-electron chi connectivity index (χ4n) is 0.409. The Morgan fingerprint density at radius 3 is 2.75 bits per heavy atom. The van der Waals surface area contributed by atoms with Crippen LogP contribution in [0.25, 0.3) is 0 Å². The molecule has 0 aromatic carbocycles. The van der Waals surface area contributed by atoms with Gasteiger partial charge in [-0.15, -0.1) is 0 Å². The van der Waals surface area contributed by atoms with Crippen molar-refractivity contribution in [2.45, 2.75) is 0 Å². The molecule has 0 spiro atoms. The third kappa shape index (κ3) is 1.01. The Labute approximate surface area is 56.1 Å². The minimum atomic E-state index is 0.285. The number of hydrogen-bond acceptors (Lipinski definition) is 2. The number of hydrogen-bond donors (Lipinski definition) is 1. The fraction of sp³-hybridized carbons (Fsp3) is 0. The van der Waals surface area contributed by atoms with Crippen molar-refractivity contribution >= 4 is 21.3 Å². The molecule has 0 radical (unpaired) electrons. The summed E-state index contributed by atoms with van der Waals surface area (Å²) in [4.78, 5) is 3.86. The van der Waals surface area contributed by atoms with Crippen LogP contribution < -0.4 is 4.48 Å². The van der Waals surface area contributed by atoms with Crippen molar-refractivity contribution in [3.8, 4) is 5.75 Å². The number of aromatic nitrogens is 1. The van der Waals surface area contributed by atoms with Gasteiger partial charge in [-0.1, -0.05) is 0 Å². The molecule has 3 heteroatoms. The van der Waals surface area contributed by atoms with Crippen molar-refractivity contribution in [2.24, 2.45) is 0 Å². The van der Waals surface area contributed by atoms with Crippen molar-refractivity contribution in [2.75, 3.05) is 0 Å². The molecule has 1 heterocycles. The van der Waals surface area contributed by atoms with Crippen LogP contribution in [-0.4, -0.2) is 26.9 Å². The van der Waals surface area contributed by atoms with Gasteiger partial charge in [-0.25, -0.2) is 0 Å². The van der Waals surface area contributed by atoms with Gasteiger partial charge in [0.1, 0.15) is 0 Å². The van der Waals surface area contributed by atoms with Crippen LogP contribution in [0.5, 0.6) is 5.75 Å². The van der Waals surface area contributed by atoms with E-state index in [-0.39, 0.29) is 5.75 Å². The van der Waals surface area contributed by atoms with Gasteiger partial charge >= 0.3 is 55.5 Å². The van der Waals surface area contributed by atoms with E-state index in [1.165, 1.54) is 16.9 Å². The summed E-state index contributed by atoms with van der Waals surface area (Å²) in [6, 6.07) is 3.34. The molecular weight excluding hydrogens is 165 g/mol. The van der Waals surface area contributed by atoms with Crippen molar-refractivity contribution in [3.05, 3.63) is 18.3 Å². The monoisotopic (exact) mass is 171 g/mol. The molecule has 1 N–H and O–H groups in total. The second kappa shape index (κ2) is 2.18. The first-order valence-corrected chi connectivity index (χ1v) is 3.41. The third-order valence-electron chi connectivity index (χ3n) is 0.816. The molecule has 1 rings (SSSR count). The number of nitrogens with zero attached hydrogens (tertiary/aromatic N) is 1. The zero-order valence-electron chi connectivity index (χ0n) is 4.20. The molecule has 8 heavy (non-hydrogen) atoms. The number of pyridine rings is 1. The molecule has 0 aliphatic carbocycles. The molecule has 0 saturated heterocycles. The van der Waals surface area contributed by atoms with Gasteiger partial charge in [0.25, 0.3) is 0 Å². The Kier molecular flexibility index (Phi) is 1.54. The van der Waals surface area contributed by atoms with Crippen molar-refractivity contribution in [3.63, 3.8) is 0 Å². The maximum atomic E-state index is 8.87. The van der Waals surface area contributed by atoms with E-state index in [1.807, 2.05) is 0 Å². The first-order valence-electron chi connectivity index (χ1n) is 2.20. The summed E-state index contributed by atoms with van der Waals surface area (Å²) < 4.78 is 0.736. The van der Waals surface area contributed by atoms with Crippen LogP contribution in [-0.2, 0) is 0 Å². The first kappa shape index (κ1) is 5.64. The van der Waals surface area contributed by atoms with Crippen LogP contribution in [0, 0.1) is 0 Å². The van der Waals surface area contributed by atoms with Gasteiger partial charge in [-0.05, 0) is 0 Å². The Bertz CT molecular complexity index is 169. The average Bonchev–Trinajstić information content (AvgIpc) is 1.77. The van der Waals surface area contributed by atoms with Crippen LogP contribution in [0.1, 0.15) is 0 Å². The van der Waals surface area contributed by atoms with E-state index in [0.717, 1.165) is 4.48 Å². The van der Waals surface area contributed by atoms with E-state index in [2.05, 4.69) is 4.98 Å². The second-order valence-electron chi connectivity index (χ2n) is 1.41. The predicted molar refractivity (Wildman–Crippen MR) is 34.1 cm³/mol. The molecule has 0 saturated carbocycles. The molecule has 0 aliphatic rings. The van der Waals surface area contributed by atoms with E-state index < -0.39 is 0 Å². The summed E-state index contributed by atoms with van der Waals surface area (Å²) in [6.07, 6.45) is 1.66. The van der Waals surface area contributed by atoms with Gasteiger partial charge in [-0.3, -0.25) is 0 Å². The van der Waals surface area contributed by atoms with Gasteiger partial charge in [0.15, 0.2) is 0 Å². The Balaban J connectivity index is 3.13. The summed E-state index contributed by atoms with van der Waals surface area (Å²) in [5, 5.41) is 8.87. The molecule has 1 atom stereocenters. The topological polar surface area (TPSA) is 33.1 Å². The summed E-state index contributed by atoms with van der Waals surface area (Å²) in [5.74, 6) is 0.285. The molecule has 1 aromatic rings. The summed E-state index contributed by atoms with van der Waals surface area (Å²) >= 11 is 1.33. The van der Waals surface area contributed by atoms with Crippen molar-refractivity contribution in [1.82, 2.24) is 4.98 Å². The Hall–Kier alpha value is -0.492. The van der Waals surface area contributed by atoms with Crippen LogP contribution in [0.3, 0.4) is 0 Å². The van der Waals surface area contributed by atoms with E-state index in [4.69, 9.17) is 5.11 Å². The van der Waals surface area contributed by atoms with Gasteiger partial charge < -0.3 is 0 Å². The minimum absolute atomic E-state index is 0.285. The van der Waals surface area contributed by atoms with E-state index in [1.54, 1.807) is 18.3 Å². The van der Waals surface area contributed by atoms with Crippen LogP contribution in [0.2, 0.25) is 0 Å². The normalized spacial score (nSPS) is 9.12. The van der Waals surface area contributed by atoms with Crippen molar-refractivity contribution in [1.29, 1.82) is 0 Å². The van der Waals surface area contributed by atoms with Gasteiger partial charge in [-0.2, -0.15) is 0 Å². The molecule has 0 fully saturated rings. The second-order valence-corrected chi connectivity index (χ2v) is 2.56. The summed E-state index contributed by atoms with van der Waals surface area (Å²) in [6.45, 7) is 0. The first-order chi connectivity index (χ1) is 3.80. The van der Waals surface area contributed by atoms with E-state index >= 15 is 0 Å². The molecule has 2 nitrogen and oxygen atoms in total. The Morgan fingerprint density at radius 1 is 1.62 bits per heavy atom. The average molecular weight is 171 g/mol. The van der Waals surface area contributed by atoms with Crippen molar-refractivity contribution < 1.29 is 5.11 Å². The molecule has 0 aliphatic heterocycles. The predicted octanol–water partition coefficient (Wildman–Crippen LogP) is -0.954. The Morgan fingerprint density at radius 2 is 2.38 bits per heavy atom. The van der Waals surface area contributed by atoms with Gasteiger partial charge in [0.2, 0.25) is 0 Å². The molecule has 0 amide bonds. The van der Waals surface area contributed by atoms with Gasteiger partial charge in [0.05, 0.1) is 0 Å². The maximum absolute atomic E-state index is 8.87. The number of rotatable bonds is 0. The number of aromatic hydroxyl groups is 1. The van der Waals surface area contributed by atoms with Gasteiger partial charge in [0, 0.05) is 0 Å². The summed E-state index contributed by atoms with van der Waals surface area (Å²) in [5.41, 5.74) is 0. The van der Waals surface area contributed by atoms with Crippen LogP contribution >= 0.6 is 0 Å². The standard InChI is InChI=1S/C5H6AsNO/c6-5-4(8)2-1-3-7-5/h1-3,8H,6H2. The summed E-state index contributed by atoms with van der Waals surface area (Å²) in [7, 11) is 0. The molecular formula is C5H6AsNO. The third-order valence-corrected chi connectivity index (χ3v) is 1.75. The molecule has 1 aromatic heterocycles. The fourth-order valence-corrected chi connectivity index (χ4v) is 0.791. The molecule has 1 unspecified atom stereocenters. The van der Waals surface area contributed by atoms with Crippen LogP contribution in [0.4, 0.5) is 0 Å². The quantitative estimate of drug-likeness (QED) is 0.510.